The highest BCUT2D eigenvalue weighted by atomic mass is 127. The highest BCUT2D eigenvalue weighted by Crippen LogP contribution is 2.66. The van der Waals surface area contributed by atoms with Crippen molar-refractivity contribution in [1.29, 1.82) is 0 Å². The van der Waals surface area contributed by atoms with Gasteiger partial charge in [-0.25, -0.2) is 9.29 Å². The second kappa shape index (κ2) is 10.1. The molecule has 2 aliphatic heterocycles. The van der Waals surface area contributed by atoms with Gasteiger partial charge in [0.05, 0.1) is 23.2 Å². The minimum absolute atomic E-state index is 0.0925. The van der Waals surface area contributed by atoms with Gasteiger partial charge in [0.25, 0.3) is 11.8 Å². The van der Waals surface area contributed by atoms with E-state index < -0.39 is 57.0 Å². The molecule has 44 heavy (non-hydrogen) atoms. The number of rotatable bonds is 3. The number of amides is 4. The number of para-hydroxylation sites is 1. The Morgan fingerprint density at radius 1 is 0.864 bits per heavy atom. The van der Waals surface area contributed by atoms with Gasteiger partial charge in [0.15, 0.2) is 9.75 Å². The van der Waals surface area contributed by atoms with E-state index in [9.17, 15) is 28.7 Å². The molecule has 0 aromatic heterocycles. The zero-order valence-corrected chi connectivity index (χ0v) is 26.8. The molecule has 0 spiro atoms. The topological polar surface area (TPSA) is 95.0 Å². The van der Waals surface area contributed by atoms with Crippen molar-refractivity contribution < 1.29 is 28.7 Å². The number of carbonyl (C=O) groups excluding carboxylic acids is 4. The first kappa shape index (κ1) is 29.4. The van der Waals surface area contributed by atoms with Crippen LogP contribution in [0.15, 0.2) is 78.4 Å². The summed E-state index contributed by atoms with van der Waals surface area (Å²) in [5.41, 5.74) is 1.92. The van der Waals surface area contributed by atoms with E-state index in [1.54, 1.807) is 37.3 Å². The monoisotopic (exact) mass is 744 g/mol. The lowest BCUT2D eigenvalue weighted by atomic mass is 9.56. The summed E-state index contributed by atoms with van der Waals surface area (Å²) in [6.07, 6.45) is 1.83. The maximum atomic E-state index is 14.4. The molecule has 4 aliphatic rings. The molecular formula is C33H24Cl2FIN2O5. The Morgan fingerprint density at radius 3 is 2.18 bits per heavy atom. The molecule has 2 saturated heterocycles. The first-order valence-corrected chi connectivity index (χ1v) is 15.9. The third-order valence-electron chi connectivity index (χ3n) is 9.56. The average molecular weight is 745 g/mol. The number of hydrogen-bond donors (Lipinski definition) is 1. The van der Waals surface area contributed by atoms with Gasteiger partial charge in [0, 0.05) is 15.1 Å². The third kappa shape index (κ3) is 3.84. The fraction of sp³-hybridized carbons (Fsp3) is 0.273. The van der Waals surface area contributed by atoms with Gasteiger partial charge in [-0.15, -0.1) is 23.2 Å². The van der Waals surface area contributed by atoms with Crippen LogP contribution in [0.4, 0.5) is 15.8 Å². The van der Waals surface area contributed by atoms with Gasteiger partial charge < -0.3 is 5.11 Å². The summed E-state index contributed by atoms with van der Waals surface area (Å²) < 4.78 is 14.8. The zero-order chi connectivity index (χ0) is 31.3. The fourth-order valence-electron chi connectivity index (χ4n) is 7.50. The Bertz CT molecular complexity index is 1820. The highest BCUT2D eigenvalue weighted by molar-refractivity contribution is 14.1. The van der Waals surface area contributed by atoms with E-state index in [2.05, 4.69) is 22.6 Å². The lowest BCUT2D eigenvalue weighted by Crippen LogP contribution is -2.60. The highest BCUT2D eigenvalue weighted by Gasteiger charge is 2.77. The fourth-order valence-corrected chi connectivity index (χ4v) is 8.79. The quantitative estimate of drug-likeness (QED) is 0.149. The molecule has 224 valence electrons. The lowest BCUT2D eigenvalue weighted by Gasteiger charge is -2.50. The van der Waals surface area contributed by atoms with Crippen LogP contribution >= 0.6 is 45.8 Å². The number of phenols is 1. The summed E-state index contributed by atoms with van der Waals surface area (Å²) in [6, 6.07) is 16.9. The maximum Gasteiger partial charge on any atom is 0.258 e. The Labute approximate surface area is 275 Å². The van der Waals surface area contributed by atoms with Crippen LogP contribution in [-0.4, -0.2) is 38.5 Å². The Morgan fingerprint density at radius 2 is 1.50 bits per heavy atom. The number of hydrogen-bond acceptors (Lipinski definition) is 5. The van der Waals surface area contributed by atoms with Crippen molar-refractivity contribution in [2.75, 3.05) is 9.80 Å². The van der Waals surface area contributed by atoms with E-state index in [4.69, 9.17) is 23.2 Å². The molecule has 2 aliphatic carbocycles. The van der Waals surface area contributed by atoms with Crippen LogP contribution in [0, 0.1) is 34.1 Å². The Kier molecular flexibility index (Phi) is 6.77. The number of aromatic hydroxyl groups is 1. The molecule has 1 saturated carbocycles. The minimum atomic E-state index is -2.11. The number of benzene rings is 3. The summed E-state index contributed by atoms with van der Waals surface area (Å²) in [7, 11) is 0. The van der Waals surface area contributed by atoms with Gasteiger partial charge in [0.2, 0.25) is 11.8 Å². The van der Waals surface area contributed by atoms with E-state index in [0.29, 0.717) is 16.8 Å². The molecule has 3 fully saturated rings. The second-order valence-corrected chi connectivity index (χ2v) is 14.2. The van der Waals surface area contributed by atoms with Crippen molar-refractivity contribution in [3.05, 3.63) is 98.9 Å². The van der Waals surface area contributed by atoms with Crippen molar-refractivity contribution in [2.24, 2.45) is 17.8 Å². The van der Waals surface area contributed by atoms with Gasteiger partial charge >= 0.3 is 0 Å². The van der Waals surface area contributed by atoms with Crippen molar-refractivity contribution in [3.8, 4) is 5.75 Å². The number of phenolic OH excluding ortho intramolecular Hbond substituents is 1. The molecule has 1 N–H and O–H groups in total. The SMILES string of the molecule is Cc1cccc([C@H]2C3=CC[C@@H]4C(=O)N(c5ccc(I)cc5)C(=O)[C@@H]4[C@@H]3C[C@@]3(Cl)C(=O)N(c4ccc(F)cc4)C(=O)[C@@]23Cl)c1O. The molecule has 0 bridgehead atoms. The molecule has 6 atom stereocenters. The van der Waals surface area contributed by atoms with E-state index in [-0.39, 0.29) is 35.7 Å². The van der Waals surface area contributed by atoms with Gasteiger partial charge in [-0.05, 0) is 102 Å². The van der Waals surface area contributed by atoms with Gasteiger partial charge in [0.1, 0.15) is 11.6 Å². The first-order chi connectivity index (χ1) is 20.9. The number of halogens is 4. The van der Waals surface area contributed by atoms with E-state index in [1.807, 2.05) is 18.2 Å². The normalized spacial score (nSPS) is 31.2. The van der Waals surface area contributed by atoms with Crippen molar-refractivity contribution in [2.45, 2.75) is 35.4 Å². The van der Waals surface area contributed by atoms with Crippen LogP contribution in [0.2, 0.25) is 0 Å². The Balaban J connectivity index is 1.41. The predicted octanol–water partition coefficient (Wildman–Crippen LogP) is 6.21. The maximum absolute atomic E-state index is 14.4. The smallest absolute Gasteiger partial charge is 0.258 e. The molecule has 3 aromatic rings. The summed E-state index contributed by atoms with van der Waals surface area (Å²) in [4.78, 5) is 54.4. The van der Waals surface area contributed by atoms with Crippen LogP contribution in [0.3, 0.4) is 0 Å². The second-order valence-electron chi connectivity index (χ2n) is 11.8. The summed E-state index contributed by atoms with van der Waals surface area (Å²) in [6.45, 7) is 1.70. The number of anilines is 2. The third-order valence-corrected chi connectivity index (χ3v) is 11.7. The van der Waals surface area contributed by atoms with Crippen LogP contribution in [0.1, 0.15) is 29.9 Å². The average Bonchev–Trinajstić information content (AvgIpc) is 3.34. The van der Waals surface area contributed by atoms with Crippen molar-refractivity contribution in [3.63, 3.8) is 0 Å². The molecule has 0 radical (unpaired) electrons. The van der Waals surface area contributed by atoms with Crippen LogP contribution in [0.5, 0.6) is 5.75 Å². The van der Waals surface area contributed by atoms with Crippen molar-refractivity contribution in [1.82, 2.24) is 0 Å². The van der Waals surface area contributed by atoms with Gasteiger partial charge in [-0.3, -0.25) is 24.1 Å². The molecule has 11 heteroatoms. The number of carbonyl (C=O) groups is 4. The standard InChI is InChI=1S/C33H24Cl2FIN2O5/c1-16-3-2-4-23(27(16)40)26-21-13-14-22-25(29(42)38(28(22)41)19-11-7-18(37)8-12-19)24(21)15-32(34)30(43)39(31(44)33(26,32)35)20-9-5-17(36)6-10-20/h2-13,22,24-26,40H,14-15H2,1H3/t22-,24+,25-,26+,32+,33-/m0/s1. The Hall–Kier alpha value is -3.28. The van der Waals surface area contributed by atoms with E-state index >= 15 is 0 Å². The number of alkyl halides is 2. The number of allylic oxidation sites excluding steroid dienone is 2. The van der Waals surface area contributed by atoms with Gasteiger partial charge in [-0.1, -0.05) is 29.8 Å². The molecule has 4 amide bonds. The largest absolute Gasteiger partial charge is 0.507 e. The first-order valence-electron chi connectivity index (χ1n) is 14.0. The van der Waals surface area contributed by atoms with Gasteiger partial charge in [-0.2, -0.15) is 0 Å². The number of imide groups is 2. The summed E-state index contributed by atoms with van der Waals surface area (Å²) in [5, 5.41) is 11.3. The molecule has 7 rings (SSSR count). The van der Waals surface area contributed by atoms with Crippen LogP contribution in [0.25, 0.3) is 0 Å². The number of nitrogens with zero attached hydrogens (tertiary/aromatic N) is 2. The molecule has 0 unspecified atom stereocenters. The molecule has 7 nitrogen and oxygen atoms in total. The minimum Gasteiger partial charge on any atom is -0.507 e. The van der Waals surface area contributed by atoms with Crippen molar-refractivity contribution >= 4 is 80.8 Å². The molecule has 2 heterocycles. The van der Waals surface area contributed by atoms with E-state index in [0.717, 1.165) is 20.6 Å². The number of fused-ring (bicyclic) bond motifs is 4. The number of aryl methyl sites for hydroxylation is 1. The summed E-state index contributed by atoms with van der Waals surface area (Å²) in [5.74, 6) is -6.48. The van der Waals surface area contributed by atoms with E-state index in [1.165, 1.54) is 17.0 Å². The summed E-state index contributed by atoms with van der Waals surface area (Å²) >= 11 is 16.8. The molecular weight excluding hydrogens is 721 g/mol. The van der Waals surface area contributed by atoms with Crippen LogP contribution in [-0.2, 0) is 19.2 Å². The molecule has 3 aromatic carbocycles. The van der Waals surface area contributed by atoms with Crippen LogP contribution < -0.4 is 9.80 Å². The lowest BCUT2D eigenvalue weighted by molar-refractivity contribution is -0.125. The zero-order valence-electron chi connectivity index (χ0n) is 23.1. The predicted molar refractivity (Wildman–Crippen MR) is 171 cm³/mol.